The van der Waals surface area contributed by atoms with Gasteiger partial charge in [-0.1, -0.05) is 55.8 Å². The van der Waals surface area contributed by atoms with E-state index in [1.165, 1.54) is 4.57 Å². The van der Waals surface area contributed by atoms with E-state index in [2.05, 4.69) is 12.1 Å². The number of rotatable bonds is 7. The zero-order chi connectivity index (χ0) is 21.7. The van der Waals surface area contributed by atoms with Crippen LogP contribution < -0.4 is 4.74 Å². The van der Waals surface area contributed by atoms with Gasteiger partial charge in [-0.3, -0.25) is 0 Å². The van der Waals surface area contributed by atoms with Gasteiger partial charge in [0, 0.05) is 12.6 Å². The van der Waals surface area contributed by atoms with Crippen molar-refractivity contribution in [1.29, 1.82) is 10.5 Å². The number of unbranched alkanes of at least 4 members (excludes halogenated alkanes) is 1. The van der Waals surface area contributed by atoms with E-state index in [9.17, 15) is 20.4 Å². The molecule has 0 aliphatic rings. The molecule has 1 aromatic heterocycles. The summed E-state index contributed by atoms with van der Waals surface area (Å²) in [5, 5.41) is 28.9. The molecule has 2 aromatic carbocycles. The van der Waals surface area contributed by atoms with Crippen molar-refractivity contribution in [2.45, 2.75) is 19.8 Å². The second-order valence-electron chi connectivity index (χ2n) is 6.82. The lowest BCUT2D eigenvalue weighted by Crippen LogP contribution is -2.08. The van der Waals surface area contributed by atoms with Gasteiger partial charge in [-0.25, -0.2) is 4.79 Å². The molecule has 0 aliphatic carbocycles. The Hall–Kier alpha value is -4.03. The highest BCUT2D eigenvalue weighted by molar-refractivity contribution is 5.98. The predicted octanol–water partition coefficient (Wildman–Crippen LogP) is 4.98. The Morgan fingerprint density at radius 1 is 1.07 bits per heavy atom. The number of benzene rings is 2. The van der Waals surface area contributed by atoms with Gasteiger partial charge < -0.3 is 14.4 Å². The maximum Gasteiger partial charge on any atom is 0.353 e. The first-order chi connectivity index (χ1) is 14.5. The molecule has 0 radical (unpaired) electrons. The first kappa shape index (κ1) is 20.7. The molecule has 0 aliphatic heterocycles. The number of hydrogen-bond acceptors (Lipinski definition) is 4. The molecule has 1 heterocycles. The van der Waals surface area contributed by atoms with E-state index < -0.39 is 5.97 Å². The predicted molar refractivity (Wildman–Crippen MR) is 113 cm³/mol. The third kappa shape index (κ3) is 3.76. The number of ether oxygens (including phenoxy) is 1. The molecule has 0 atom stereocenters. The summed E-state index contributed by atoms with van der Waals surface area (Å²) in [6.45, 7) is 2.44. The van der Waals surface area contributed by atoms with E-state index in [0.29, 0.717) is 23.3 Å². The normalized spacial score (nSPS) is 10.3. The number of carboxylic acid groups (broad SMARTS) is 1. The fraction of sp³-hybridized carbons (Fsp3) is 0.208. The van der Waals surface area contributed by atoms with E-state index in [4.69, 9.17) is 4.74 Å². The smallest absolute Gasteiger partial charge is 0.353 e. The quantitative estimate of drug-likeness (QED) is 0.565. The van der Waals surface area contributed by atoms with E-state index in [-0.39, 0.29) is 17.1 Å². The van der Waals surface area contributed by atoms with Crippen molar-refractivity contribution in [2.24, 2.45) is 7.05 Å². The van der Waals surface area contributed by atoms with Gasteiger partial charge in [0.25, 0.3) is 0 Å². The summed E-state index contributed by atoms with van der Waals surface area (Å²) in [7, 11) is 1.59. The third-order valence-electron chi connectivity index (χ3n) is 4.92. The Morgan fingerprint density at radius 3 is 2.33 bits per heavy atom. The van der Waals surface area contributed by atoms with Crippen molar-refractivity contribution in [3.8, 4) is 40.3 Å². The highest BCUT2D eigenvalue weighted by atomic mass is 16.5. The van der Waals surface area contributed by atoms with Crippen LogP contribution in [0.4, 0.5) is 0 Å². The number of hydrogen-bond donors (Lipinski definition) is 1. The summed E-state index contributed by atoms with van der Waals surface area (Å²) < 4.78 is 7.18. The summed E-state index contributed by atoms with van der Waals surface area (Å²) in [5.74, 6) is -0.870. The minimum atomic E-state index is -1.13. The Labute approximate surface area is 175 Å². The van der Waals surface area contributed by atoms with Gasteiger partial charge in [0.05, 0.1) is 18.2 Å². The van der Waals surface area contributed by atoms with Crippen molar-refractivity contribution >= 4 is 5.97 Å². The van der Waals surface area contributed by atoms with Gasteiger partial charge in [-0.05, 0) is 29.2 Å². The summed E-state index contributed by atoms with van der Waals surface area (Å²) in [5.41, 5.74) is 3.32. The summed E-state index contributed by atoms with van der Waals surface area (Å²) >= 11 is 0. The van der Waals surface area contributed by atoms with Crippen LogP contribution in [-0.4, -0.2) is 22.2 Å². The van der Waals surface area contributed by atoms with Crippen LogP contribution in [0.15, 0.2) is 48.5 Å². The summed E-state index contributed by atoms with van der Waals surface area (Å²) in [6.07, 6.45) is 1.73. The Balaban J connectivity index is 2.11. The topological polar surface area (TPSA) is 99.0 Å². The molecule has 150 valence electrons. The molecular weight excluding hydrogens is 378 g/mol. The van der Waals surface area contributed by atoms with E-state index in [0.717, 1.165) is 24.0 Å². The lowest BCUT2D eigenvalue weighted by molar-refractivity contribution is 0.0686. The summed E-state index contributed by atoms with van der Waals surface area (Å²) in [4.78, 5) is 12.0. The maximum atomic E-state index is 12.0. The number of nitriles is 2. The molecule has 1 N–H and O–H groups in total. The Kier molecular flexibility index (Phi) is 6.20. The average molecular weight is 399 g/mol. The van der Waals surface area contributed by atoms with Crippen LogP contribution in [0.25, 0.3) is 22.3 Å². The van der Waals surface area contributed by atoms with Crippen LogP contribution in [-0.2, 0) is 7.05 Å². The number of carbonyl (C=O) groups is 1. The number of carboxylic acids is 1. The van der Waals surface area contributed by atoms with E-state index in [1.54, 1.807) is 31.3 Å². The van der Waals surface area contributed by atoms with Crippen molar-refractivity contribution < 1.29 is 14.6 Å². The van der Waals surface area contributed by atoms with Crippen LogP contribution in [0.1, 0.15) is 41.4 Å². The number of nitrogens with zero attached hydrogens (tertiary/aromatic N) is 3. The van der Waals surface area contributed by atoms with Gasteiger partial charge in [0.15, 0.2) is 0 Å². The molecule has 0 bridgehead atoms. The fourth-order valence-electron chi connectivity index (χ4n) is 3.43. The molecule has 3 aromatic rings. The number of aromatic carboxylic acids is 1. The molecule has 3 rings (SSSR count). The minimum Gasteiger partial charge on any atom is -0.478 e. The van der Waals surface area contributed by atoms with Gasteiger partial charge in [0.2, 0.25) is 5.88 Å². The van der Waals surface area contributed by atoms with Crippen molar-refractivity contribution in [1.82, 2.24) is 4.57 Å². The van der Waals surface area contributed by atoms with E-state index >= 15 is 0 Å². The minimum absolute atomic E-state index is 0.00298. The van der Waals surface area contributed by atoms with Gasteiger partial charge in [-0.2, -0.15) is 10.5 Å². The van der Waals surface area contributed by atoms with Gasteiger partial charge >= 0.3 is 5.97 Å². The Morgan fingerprint density at radius 2 is 1.73 bits per heavy atom. The van der Waals surface area contributed by atoms with Crippen molar-refractivity contribution in [3.05, 3.63) is 65.4 Å². The fourth-order valence-corrected chi connectivity index (χ4v) is 3.43. The zero-order valence-electron chi connectivity index (χ0n) is 16.8. The highest BCUT2D eigenvalue weighted by Gasteiger charge is 2.27. The molecule has 0 saturated carbocycles. The first-order valence-corrected chi connectivity index (χ1v) is 9.62. The second kappa shape index (κ2) is 8.98. The standard InChI is InChI=1S/C24H21N3O3/c1-3-4-13-30-23-20(15-26)21(22(24(28)29)27(23)2)17-11-9-16(10-12-17)19-8-6-5-7-18(19)14-25/h5-12H,3-4,13H2,1-2H3,(H,28,29). The zero-order valence-corrected chi connectivity index (χ0v) is 16.8. The average Bonchev–Trinajstić information content (AvgIpc) is 3.05. The molecular formula is C24H21N3O3. The highest BCUT2D eigenvalue weighted by Crippen LogP contribution is 2.37. The largest absolute Gasteiger partial charge is 0.478 e. The van der Waals surface area contributed by atoms with Crippen LogP contribution >= 0.6 is 0 Å². The van der Waals surface area contributed by atoms with Crippen molar-refractivity contribution in [2.75, 3.05) is 6.61 Å². The molecule has 0 fully saturated rings. The SMILES string of the molecule is CCCCOc1c(C#N)c(-c2ccc(-c3ccccc3C#N)cc2)c(C(=O)O)n1C. The first-order valence-electron chi connectivity index (χ1n) is 9.62. The molecule has 6 nitrogen and oxygen atoms in total. The lowest BCUT2D eigenvalue weighted by atomic mass is 9.96. The molecule has 30 heavy (non-hydrogen) atoms. The number of aromatic nitrogens is 1. The van der Waals surface area contributed by atoms with Crippen molar-refractivity contribution in [3.63, 3.8) is 0 Å². The second-order valence-corrected chi connectivity index (χ2v) is 6.82. The van der Waals surface area contributed by atoms with Crippen LogP contribution in [0.2, 0.25) is 0 Å². The Bertz CT molecular complexity index is 1160. The molecule has 0 amide bonds. The van der Waals surface area contributed by atoms with Crippen LogP contribution in [0.5, 0.6) is 5.88 Å². The maximum absolute atomic E-state index is 12.0. The van der Waals surface area contributed by atoms with Gasteiger partial charge in [0.1, 0.15) is 17.3 Å². The third-order valence-corrected chi connectivity index (χ3v) is 4.92. The molecule has 0 saturated heterocycles. The lowest BCUT2D eigenvalue weighted by Gasteiger charge is -2.07. The van der Waals surface area contributed by atoms with Crippen LogP contribution in [0, 0.1) is 22.7 Å². The molecule has 0 spiro atoms. The molecule has 6 heteroatoms. The monoisotopic (exact) mass is 399 g/mol. The summed E-state index contributed by atoms with van der Waals surface area (Å²) in [6, 6.07) is 18.7. The van der Waals surface area contributed by atoms with Gasteiger partial charge in [-0.15, -0.1) is 0 Å². The molecule has 0 unspecified atom stereocenters. The van der Waals surface area contributed by atoms with Crippen LogP contribution in [0.3, 0.4) is 0 Å². The van der Waals surface area contributed by atoms with E-state index in [1.807, 2.05) is 31.2 Å².